The molecule has 1 N–H and O–H groups in total. The summed E-state index contributed by atoms with van der Waals surface area (Å²) in [7, 11) is 0. The maximum absolute atomic E-state index is 13.1. The largest absolute Gasteiger partial charge is 0.335 e. The molecule has 0 spiro atoms. The molecule has 0 radical (unpaired) electrons. The predicted molar refractivity (Wildman–Crippen MR) is 120 cm³/mol. The fourth-order valence-corrected chi connectivity index (χ4v) is 3.84. The maximum Gasteiger partial charge on any atom is 0.335 e. The highest BCUT2D eigenvalue weighted by Crippen LogP contribution is 2.26. The fourth-order valence-electron chi connectivity index (χ4n) is 3.84. The number of anilines is 1. The topological polar surface area (TPSA) is 71.4 Å². The summed E-state index contributed by atoms with van der Waals surface area (Å²) in [6.07, 6.45) is 2.40. The Hall–Kier alpha value is -3.93. The van der Waals surface area contributed by atoms with Crippen LogP contribution in [-0.2, 0) is 16.0 Å². The Kier molecular flexibility index (Phi) is 5.29. The van der Waals surface area contributed by atoms with Crippen molar-refractivity contribution in [3.63, 3.8) is 0 Å². The van der Waals surface area contributed by atoms with Gasteiger partial charge in [-0.2, -0.15) is 0 Å². The van der Waals surface area contributed by atoms with Gasteiger partial charge in [0.15, 0.2) is 0 Å². The number of carbonyl (C=O) groups is 3. The van der Waals surface area contributed by atoms with Crippen LogP contribution in [-0.4, -0.2) is 22.4 Å². The molecule has 156 valence electrons. The zero-order valence-corrected chi connectivity index (χ0v) is 17.7. The number of amides is 4. The lowest BCUT2D eigenvalue weighted by Gasteiger charge is -2.26. The van der Waals surface area contributed by atoms with Crippen LogP contribution < -0.4 is 10.2 Å². The molecule has 2 aromatic carbocycles. The smallest absolute Gasteiger partial charge is 0.318 e. The van der Waals surface area contributed by atoms with Gasteiger partial charge < -0.3 is 4.57 Å². The molecule has 1 aliphatic heterocycles. The van der Waals surface area contributed by atoms with Crippen molar-refractivity contribution in [3.8, 4) is 5.69 Å². The Balaban J connectivity index is 1.74. The number of barbiturate groups is 1. The van der Waals surface area contributed by atoms with Crippen LogP contribution in [0, 0.1) is 13.8 Å². The Morgan fingerprint density at radius 2 is 1.58 bits per heavy atom. The van der Waals surface area contributed by atoms with Crippen LogP contribution in [0.3, 0.4) is 0 Å². The van der Waals surface area contributed by atoms with E-state index in [0.29, 0.717) is 5.69 Å². The van der Waals surface area contributed by atoms with Crippen molar-refractivity contribution >= 4 is 29.6 Å². The third-order valence-electron chi connectivity index (χ3n) is 5.49. The molecule has 4 amide bonds. The average Bonchev–Trinajstić information content (AvgIpc) is 3.05. The third kappa shape index (κ3) is 3.68. The molecule has 3 aromatic rings. The molecule has 6 nitrogen and oxygen atoms in total. The standard InChI is InChI=1S/C25H23N3O3/c1-4-18-10-12-21(13-11-18)28-24(30)22(23(29)26-25(28)31)15-19-14-16(2)27(17(19)3)20-8-6-5-7-9-20/h5-15H,4H2,1-3H3,(H,26,29,31)/b22-15+. The number of hydrogen-bond donors (Lipinski definition) is 1. The number of urea groups is 1. The lowest BCUT2D eigenvalue weighted by atomic mass is 10.1. The lowest BCUT2D eigenvalue weighted by Crippen LogP contribution is -2.54. The van der Waals surface area contributed by atoms with Gasteiger partial charge in [0.05, 0.1) is 5.69 Å². The Morgan fingerprint density at radius 1 is 0.903 bits per heavy atom. The van der Waals surface area contributed by atoms with Crippen LogP contribution in [0.4, 0.5) is 10.5 Å². The van der Waals surface area contributed by atoms with E-state index in [9.17, 15) is 14.4 Å². The van der Waals surface area contributed by atoms with Crippen molar-refractivity contribution in [1.82, 2.24) is 9.88 Å². The SMILES string of the molecule is CCc1ccc(N2C(=O)NC(=O)/C(=C\c3cc(C)n(-c4ccccc4)c3C)C2=O)cc1. The summed E-state index contributed by atoms with van der Waals surface area (Å²) in [6.45, 7) is 5.93. The van der Waals surface area contributed by atoms with Crippen LogP contribution in [0.2, 0.25) is 0 Å². The molecule has 0 bridgehead atoms. The molecular weight excluding hydrogens is 390 g/mol. The number of imide groups is 2. The molecule has 0 saturated carbocycles. The monoisotopic (exact) mass is 413 g/mol. The molecule has 0 aliphatic carbocycles. The lowest BCUT2D eigenvalue weighted by molar-refractivity contribution is -0.122. The average molecular weight is 413 g/mol. The number of carbonyl (C=O) groups excluding carboxylic acids is 3. The highest BCUT2D eigenvalue weighted by molar-refractivity contribution is 6.39. The van der Waals surface area contributed by atoms with Crippen molar-refractivity contribution in [2.24, 2.45) is 0 Å². The second-order valence-corrected chi connectivity index (χ2v) is 7.48. The Bertz CT molecular complexity index is 1200. The Morgan fingerprint density at radius 3 is 2.23 bits per heavy atom. The minimum atomic E-state index is -0.744. The first-order valence-electron chi connectivity index (χ1n) is 10.2. The van der Waals surface area contributed by atoms with Crippen LogP contribution >= 0.6 is 0 Å². The summed E-state index contributed by atoms with van der Waals surface area (Å²) in [4.78, 5) is 39.1. The van der Waals surface area contributed by atoms with Gasteiger partial charge >= 0.3 is 6.03 Å². The van der Waals surface area contributed by atoms with Crippen molar-refractivity contribution < 1.29 is 14.4 Å². The molecule has 6 heteroatoms. The number of hydrogen-bond acceptors (Lipinski definition) is 3. The van der Waals surface area contributed by atoms with Crippen molar-refractivity contribution in [2.45, 2.75) is 27.2 Å². The van der Waals surface area contributed by atoms with Crippen LogP contribution in [0.1, 0.15) is 29.4 Å². The van der Waals surface area contributed by atoms with Gasteiger partial charge in [0, 0.05) is 17.1 Å². The van der Waals surface area contributed by atoms with Gasteiger partial charge in [-0.15, -0.1) is 0 Å². The molecule has 31 heavy (non-hydrogen) atoms. The summed E-state index contributed by atoms with van der Waals surface area (Å²) in [6, 6.07) is 18.2. The van der Waals surface area contributed by atoms with Crippen LogP contribution in [0.15, 0.2) is 66.2 Å². The number of para-hydroxylation sites is 1. The molecule has 1 aromatic heterocycles. The number of aryl methyl sites for hydroxylation is 2. The first-order chi connectivity index (χ1) is 14.9. The van der Waals surface area contributed by atoms with Gasteiger partial charge in [-0.1, -0.05) is 37.3 Å². The second kappa shape index (κ2) is 8.07. The normalized spacial score (nSPS) is 15.5. The summed E-state index contributed by atoms with van der Waals surface area (Å²) < 4.78 is 2.06. The molecule has 4 rings (SSSR count). The zero-order valence-electron chi connectivity index (χ0n) is 17.7. The van der Waals surface area contributed by atoms with E-state index in [2.05, 4.69) is 9.88 Å². The number of nitrogens with one attached hydrogen (secondary N) is 1. The van der Waals surface area contributed by atoms with E-state index in [1.807, 2.05) is 69.3 Å². The van der Waals surface area contributed by atoms with Crippen LogP contribution in [0.5, 0.6) is 0 Å². The van der Waals surface area contributed by atoms with Crippen LogP contribution in [0.25, 0.3) is 11.8 Å². The van der Waals surface area contributed by atoms with E-state index in [4.69, 9.17) is 0 Å². The van der Waals surface area contributed by atoms with E-state index in [1.165, 1.54) is 0 Å². The first kappa shape index (κ1) is 20.3. The predicted octanol–water partition coefficient (Wildman–Crippen LogP) is 4.32. The zero-order chi connectivity index (χ0) is 22.1. The Labute approximate surface area is 180 Å². The minimum Gasteiger partial charge on any atom is -0.318 e. The maximum atomic E-state index is 13.1. The highest BCUT2D eigenvalue weighted by atomic mass is 16.2. The quantitative estimate of drug-likeness (QED) is 0.511. The molecule has 0 unspecified atom stereocenters. The van der Waals surface area contributed by atoms with Gasteiger partial charge in [0.25, 0.3) is 11.8 Å². The third-order valence-corrected chi connectivity index (χ3v) is 5.49. The number of rotatable bonds is 4. The van der Waals surface area contributed by atoms with E-state index in [-0.39, 0.29) is 5.57 Å². The summed E-state index contributed by atoms with van der Waals surface area (Å²) in [5.74, 6) is -1.33. The fraction of sp³-hybridized carbons (Fsp3) is 0.160. The molecule has 1 aliphatic rings. The van der Waals surface area contributed by atoms with E-state index in [1.54, 1.807) is 18.2 Å². The van der Waals surface area contributed by atoms with Gasteiger partial charge in [-0.05, 0) is 67.8 Å². The molecule has 2 heterocycles. The van der Waals surface area contributed by atoms with Crippen molar-refractivity contribution in [1.29, 1.82) is 0 Å². The van der Waals surface area contributed by atoms with E-state index in [0.717, 1.165) is 39.5 Å². The second-order valence-electron chi connectivity index (χ2n) is 7.48. The van der Waals surface area contributed by atoms with Gasteiger partial charge in [0.1, 0.15) is 5.57 Å². The summed E-state index contributed by atoms with van der Waals surface area (Å²) in [5, 5.41) is 2.28. The summed E-state index contributed by atoms with van der Waals surface area (Å²) in [5.41, 5.74) is 5.05. The molecule has 1 fully saturated rings. The van der Waals surface area contributed by atoms with Crippen molar-refractivity contribution in [2.75, 3.05) is 4.90 Å². The minimum absolute atomic E-state index is 0.0764. The summed E-state index contributed by atoms with van der Waals surface area (Å²) >= 11 is 0. The van der Waals surface area contributed by atoms with E-state index < -0.39 is 17.8 Å². The number of aromatic nitrogens is 1. The van der Waals surface area contributed by atoms with Gasteiger partial charge in [-0.25, -0.2) is 9.69 Å². The first-order valence-corrected chi connectivity index (χ1v) is 10.2. The van der Waals surface area contributed by atoms with Crippen molar-refractivity contribution in [3.05, 3.63) is 88.8 Å². The van der Waals surface area contributed by atoms with Gasteiger partial charge in [-0.3, -0.25) is 14.9 Å². The molecule has 0 atom stereocenters. The molecule has 1 saturated heterocycles. The van der Waals surface area contributed by atoms with E-state index >= 15 is 0 Å². The number of benzene rings is 2. The van der Waals surface area contributed by atoms with Gasteiger partial charge in [0.2, 0.25) is 0 Å². The number of nitrogens with zero attached hydrogens (tertiary/aromatic N) is 2. The molecular formula is C25H23N3O3. The highest BCUT2D eigenvalue weighted by Gasteiger charge is 2.37.